The lowest BCUT2D eigenvalue weighted by Crippen LogP contribution is -2.47. The van der Waals surface area contributed by atoms with Crippen molar-refractivity contribution >= 4 is 27.8 Å². The molecule has 1 amide bonds. The van der Waals surface area contributed by atoms with E-state index in [-0.39, 0.29) is 5.91 Å². The SMILES string of the molecule is CN=C(NCCNC(=O)c1cccc(Br)c1)N1CCC(N2CCOCC2)C1. The minimum atomic E-state index is -0.0679. The second kappa shape index (κ2) is 10.1. The number of guanidine groups is 1. The largest absolute Gasteiger partial charge is 0.379 e. The van der Waals surface area contributed by atoms with Gasteiger partial charge in [0.05, 0.1) is 13.2 Å². The molecule has 2 aliphatic rings. The summed E-state index contributed by atoms with van der Waals surface area (Å²) in [7, 11) is 1.81. The molecule has 2 N–H and O–H groups in total. The number of amides is 1. The Balaban J connectivity index is 1.40. The maximum atomic E-state index is 12.2. The van der Waals surface area contributed by atoms with Crippen molar-refractivity contribution in [3.63, 3.8) is 0 Å². The fraction of sp³-hybridized carbons (Fsp3) is 0.579. The van der Waals surface area contributed by atoms with Crippen LogP contribution in [0.2, 0.25) is 0 Å². The molecule has 2 saturated heterocycles. The first-order valence-electron chi connectivity index (χ1n) is 9.48. The van der Waals surface area contributed by atoms with Crippen molar-refractivity contribution in [2.45, 2.75) is 12.5 Å². The average Bonchev–Trinajstić information content (AvgIpc) is 3.18. The number of nitrogens with one attached hydrogen (secondary N) is 2. The van der Waals surface area contributed by atoms with Crippen LogP contribution >= 0.6 is 15.9 Å². The van der Waals surface area contributed by atoms with Gasteiger partial charge in [0.1, 0.15) is 0 Å². The molecule has 0 saturated carbocycles. The zero-order valence-electron chi connectivity index (χ0n) is 15.8. The summed E-state index contributed by atoms with van der Waals surface area (Å²) in [6.07, 6.45) is 1.15. The summed E-state index contributed by atoms with van der Waals surface area (Å²) in [5.74, 6) is 0.837. The number of hydrogen-bond donors (Lipinski definition) is 2. The third kappa shape index (κ3) is 5.67. The molecule has 1 unspecified atom stereocenters. The van der Waals surface area contributed by atoms with Gasteiger partial charge in [0.15, 0.2) is 5.96 Å². The van der Waals surface area contributed by atoms with Crippen LogP contribution in [0, 0.1) is 0 Å². The summed E-state index contributed by atoms with van der Waals surface area (Å²) in [5.41, 5.74) is 0.654. The first kappa shape index (κ1) is 20.1. The molecule has 0 spiro atoms. The first-order chi connectivity index (χ1) is 13.2. The molecular weight excluding hydrogens is 410 g/mol. The van der Waals surface area contributed by atoms with E-state index < -0.39 is 0 Å². The number of carbonyl (C=O) groups is 1. The van der Waals surface area contributed by atoms with Gasteiger partial charge in [-0.15, -0.1) is 0 Å². The van der Waals surface area contributed by atoms with E-state index in [4.69, 9.17) is 4.74 Å². The number of likely N-dealkylation sites (tertiary alicyclic amines) is 1. The van der Waals surface area contributed by atoms with E-state index in [9.17, 15) is 4.79 Å². The minimum absolute atomic E-state index is 0.0679. The summed E-state index contributed by atoms with van der Waals surface area (Å²) < 4.78 is 6.35. The highest BCUT2D eigenvalue weighted by Crippen LogP contribution is 2.17. The fourth-order valence-corrected chi connectivity index (χ4v) is 3.99. The van der Waals surface area contributed by atoms with Gasteiger partial charge in [-0.2, -0.15) is 0 Å². The van der Waals surface area contributed by atoms with Gasteiger partial charge in [0.2, 0.25) is 0 Å². The topological polar surface area (TPSA) is 69.2 Å². The molecule has 2 heterocycles. The van der Waals surface area contributed by atoms with Crippen molar-refractivity contribution in [1.82, 2.24) is 20.4 Å². The van der Waals surface area contributed by atoms with Crippen LogP contribution in [-0.2, 0) is 4.74 Å². The van der Waals surface area contributed by atoms with Crippen molar-refractivity contribution in [3.05, 3.63) is 34.3 Å². The highest BCUT2D eigenvalue weighted by atomic mass is 79.9. The maximum Gasteiger partial charge on any atom is 0.251 e. The molecule has 27 heavy (non-hydrogen) atoms. The van der Waals surface area contributed by atoms with Gasteiger partial charge < -0.3 is 20.3 Å². The van der Waals surface area contributed by atoms with Crippen molar-refractivity contribution < 1.29 is 9.53 Å². The third-order valence-corrected chi connectivity index (χ3v) is 5.51. The van der Waals surface area contributed by atoms with Crippen LogP contribution in [-0.4, -0.2) is 87.2 Å². The molecule has 8 heteroatoms. The highest BCUT2D eigenvalue weighted by Gasteiger charge is 2.30. The number of benzene rings is 1. The van der Waals surface area contributed by atoms with Crippen molar-refractivity contribution in [2.75, 3.05) is 59.5 Å². The molecule has 0 bridgehead atoms. The molecule has 1 aromatic rings. The number of hydrogen-bond acceptors (Lipinski definition) is 4. The molecule has 1 atom stereocenters. The average molecular weight is 438 g/mol. The van der Waals surface area contributed by atoms with Gasteiger partial charge >= 0.3 is 0 Å². The number of halogens is 1. The predicted octanol–water partition coefficient (Wildman–Crippen LogP) is 1.16. The fourth-order valence-electron chi connectivity index (χ4n) is 3.59. The van der Waals surface area contributed by atoms with Gasteiger partial charge in [0, 0.05) is 62.4 Å². The van der Waals surface area contributed by atoms with Crippen LogP contribution < -0.4 is 10.6 Å². The molecule has 1 aromatic carbocycles. The van der Waals surface area contributed by atoms with Crippen LogP contribution in [0.4, 0.5) is 0 Å². The zero-order chi connectivity index (χ0) is 19.1. The Bertz CT molecular complexity index is 663. The van der Waals surface area contributed by atoms with Crippen molar-refractivity contribution in [3.8, 4) is 0 Å². The molecule has 2 aliphatic heterocycles. The van der Waals surface area contributed by atoms with E-state index in [1.54, 1.807) is 0 Å². The molecular formula is C19H28BrN5O2. The molecule has 0 aromatic heterocycles. The van der Waals surface area contributed by atoms with Gasteiger partial charge in [-0.25, -0.2) is 0 Å². The van der Waals surface area contributed by atoms with Gasteiger partial charge in [-0.05, 0) is 24.6 Å². The monoisotopic (exact) mass is 437 g/mol. The van der Waals surface area contributed by atoms with Gasteiger partial charge in [-0.3, -0.25) is 14.7 Å². The Labute approximate surface area is 169 Å². The second-order valence-corrected chi connectivity index (χ2v) is 7.69. The van der Waals surface area contributed by atoms with E-state index >= 15 is 0 Å². The van der Waals surface area contributed by atoms with E-state index in [1.165, 1.54) is 0 Å². The van der Waals surface area contributed by atoms with E-state index in [2.05, 4.69) is 41.4 Å². The lowest BCUT2D eigenvalue weighted by Gasteiger charge is -2.32. The number of rotatable bonds is 5. The predicted molar refractivity (Wildman–Crippen MR) is 110 cm³/mol. The van der Waals surface area contributed by atoms with E-state index in [0.717, 1.165) is 56.2 Å². The Kier molecular flexibility index (Phi) is 7.49. The molecule has 3 rings (SSSR count). The minimum Gasteiger partial charge on any atom is -0.379 e. The summed E-state index contributed by atoms with van der Waals surface area (Å²) in [4.78, 5) is 21.4. The van der Waals surface area contributed by atoms with Crippen molar-refractivity contribution in [1.29, 1.82) is 0 Å². The quantitative estimate of drug-likeness (QED) is 0.410. The summed E-state index contributed by atoms with van der Waals surface area (Å²) in [6.45, 7) is 6.90. The van der Waals surface area contributed by atoms with Crippen LogP contribution in [0.25, 0.3) is 0 Å². The molecule has 7 nitrogen and oxygen atoms in total. The standard InChI is InChI=1S/C19H28BrN5O2/c1-21-19(25-8-5-17(14-25)24-9-11-27-12-10-24)23-7-6-22-18(26)15-3-2-4-16(20)13-15/h2-4,13,17H,5-12,14H2,1H3,(H,21,23)(H,22,26). The lowest BCUT2D eigenvalue weighted by atomic mass is 10.2. The molecule has 0 aliphatic carbocycles. The number of ether oxygens (including phenoxy) is 1. The Morgan fingerprint density at radius 2 is 2.04 bits per heavy atom. The first-order valence-corrected chi connectivity index (χ1v) is 10.3. The Hall–Kier alpha value is -1.64. The van der Waals surface area contributed by atoms with Crippen molar-refractivity contribution in [2.24, 2.45) is 4.99 Å². The Morgan fingerprint density at radius 1 is 1.26 bits per heavy atom. The van der Waals surface area contributed by atoms with Crippen LogP contribution in [0.3, 0.4) is 0 Å². The van der Waals surface area contributed by atoms with Crippen LogP contribution in [0.15, 0.2) is 33.7 Å². The number of morpholine rings is 1. The van der Waals surface area contributed by atoms with E-state index in [0.29, 0.717) is 24.7 Å². The molecule has 148 valence electrons. The highest BCUT2D eigenvalue weighted by molar-refractivity contribution is 9.10. The molecule has 0 radical (unpaired) electrons. The number of nitrogens with zero attached hydrogens (tertiary/aromatic N) is 3. The third-order valence-electron chi connectivity index (χ3n) is 5.02. The summed E-state index contributed by atoms with van der Waals surface area (Å²) in [6, 6.07) is 7.96. The maximum absolute atomic E-state index is 12.2. The Morgan fingerprint density at radius 3 is 2.78 bits per heavy atom. The zero-order valence-corrected chi connectivity index (χ0v) is 17.4. The van der Waals surface area contributed by atoms with Gasteiger partial charge in [-0.1, -0.05) is 22.0 Å². The number of carbonyl (C=O) groups excluding carboxylic acids is 1. The number of aliphatic imine (C=N–C) groups is 1. The summed E-state index contributed by atoms with van der Waals surface area (Å²) >= 11 is 3.39. The van der Waals surface area contributed by atoms with Crippen LogP contribution in [0.1, 0.15) is 16.8 Å². The van der Waals surface area contributed by atoms with Gasteiger partial charge in [0.25, 0.3) is 5.91 Å². The lowest BCUT2D eigenvalue weighted by molar-refractivity contribution is 0.0195. The van der Waals surface area contributed by atoms with E-state index in [1.807, 2.05) is 31.3 Å². The summed E-state index contributed by atoms with van der Waals surface area (Å²) in [5, 5.41) is 6.30. The molecule has 2 fully saturated rings. The second-order valence-electron chi connectivity index (χ2n) is 6.78. The normalized spacial score (nSPS) is 21.3. The smallest absolute Gasteiger partial charge is 0.251 e. The van der Waals surface area contributed by atoms with Crippen LogP contribution in [0.5, 0.6) is 0 Å².